The number of aromatic amines is 1. The van der Waals surface area contributed by atoms with Gasteiger partial charge in [0.25, 0.3) is 0 Å². The second-order valence-corrected chi connectivity index (χ2v) is 5.39. The first-order valence-corrected chi connectivity index (χ1v) is 6.35. The van der Waals surface area contributed by atoms with Crippen molar-refractivity contribution in [3.8, 4) is 11.3 Å². The molecule has 0 atom stereocenters. The highest BCUT2D eigenvalue weighted by Gasteiger charge is 2.18. The number of rotatable bonds is 3. The number of amides is 1. The molecule has 0 aromatic carbocycles. The fourth-order valence-electron chi connectivity index (χ4n) is 1.58. The molecule has 2 aromatic rings. The van der Waals surface area contributed by atoms with E-state index in [2.05, 4.69) is 25.5 Å². The van der Waals surface area contributed by atoms with E-state index in [9.17, 15) is 9.59 Å². The maximum absolute atomic E-state index is 11.6. The summed E-state index contributed by atoms with van der Waals surface area (Å²) in [6.45, 7) is 5.21. The Morgan fingerprint density at radius 2 is 1.86 bits per heavy atom. The first-order chi connectivity index (χ1) is 10.3. The van der Waals surface area contributed by atoms with Crippen molar-refractivity contribution in [2.45, 2.75) is 26.4 Å². The maximum atomic E-state index is 11.6. The Morgan fingerprint density at radius 3 is 2.41 bits per heavy atom. The second-order valence-electron chi connectivity index (χ2n) is 5.39. The number of aromatic carboxylic acids is 1. The van der Waals surface area contributed by atoms with Crippen LogP contribution in [0.5, 0.6) is 0 Å². The van der Waals surface area contributed by atoms with E-state index in [1.807, 2.05) is 0 Å². The molecule has 116 valence electrons. The van der Waals surface area contributed by atoms with Gasteiger partial charge in [0, 0.05) is 18.0 Å². The van der Waals surface area contributed by atoms with Gasteiger partial charge in [0.1, 0.15) is 11.2 Å². The number of carbonyl (C=O) groups excluding carboxylic acids is 1. The van der Waals surface area contributed by atoms with Crippen molar-refractivity contribution >= 4 is 18.0 Å². The quantitative estimate of drug-likeness (QED) is 0.789. The number of ether oxygens (including phenoxy) is 1. The van der Waals surface area contributed by atoms with E-state index in [0.29, 0.717) is 5.56 Å². The summed E-state index contributed by atoms with van der Waals surface area (Å²) in [5.74, 6) is -1.06. The number of carboxylic acid groups (broad SMARTS) is 1. The van der Waals surface area contributed by atoms with E-state index >= 15 is 0 Å². The van der Waals surface area contributed by atoms with E-state index in [1.165, 1.54) is 18.6 Å². The van der Waals surface area contributed by atoms with Crippen LogP contribution in [0.4, 0.5) is 10.7 Å². The van der Waals surface area contributed by atoms with E-state index < -0.39 is 17.7 Å². The molecule has 22 heavy (non-hydrogen) atoms. The summed E-state index contributed by atoms with van der Waals surface area (Å²) in [6, 6.07) is 0. The van der Waals surface area contributed by atoms with Gasteiger partial charge in [-0.05, 0) is 20.8 Å². The summed E-state index contributed by atoms with van der Waals surface area (Å²) in [5, 5.41) is 17.7. The van der Waals surface area contributed by atoms with Crippen LogP contribution in [0.3, 0.4) is 0 Å². The normalized spacial score (nSPS) is 11.0. The first kappa shape index (κ1) is 15.4. The zero-order chi connectivity index (χ0) is 16.3. The van der Waals surface area contributed by atoms with Gasteiger partial charge in [0.05, 0.1) is 11.9 Å². The largest absolute Gasteiger partial charge is 0.478 e. The number of anilines is 1. The summed E-state index contributed by atoms with van der Waals surface area (Å²) in [5.41, 5.74) is 0.105. The Kier molecular flexibility index (Phi) is 4.06. The minimum atomic E-state index is -1.11. The average Bonchev–Trinajstić information content (AvgIpc) is 2.86. The van der Waals surface area contributed by atoms with Crippen LogP contribution >= 0.6 is 0 Å². The maximum Gasteiger partial charge on any atom is 0.414 e. The Bertz CT molecular complexity index is 687. The minimum Gasteiger partial charge on any atom is -0.478 e. The van der Waals surface area contributed by atoms with Crippen molar-refractivity contribution in [2.24, 2.45) is 0 Å². The molecule has 2 heterocycles. The van der Waals surface area contributed by atoms with E-state index in [-0.39, 0.29) is 17.2 Å². The average molecular weight is 305 g/mol. The minimum absolute atomic E-state index is 0.0106. The SMILES string of the molecule is CC(C)(C)OC(=O)Nc1ncc(-c2[nH]ncc2C(=O)O)cn1. The number of aromatic nitrogens is 4. The third-order valence-corrected chi connectivity index (χ3v) is 2.42. The molecule has 9 nitrogen and oxygen atoms in total. The molecule has 0 saturated carbocycles. The molecule has 9 heteroatoms. The summed E-state index contributed by atoms with van der Waals surface area (Å²) in [7, 11) is 0. The number of hydrogen-bond acceptors (Lipinski definition) is 6. The van der Waals surface area contributed by atoms with Crippen LogP contribution in [-0.2, 0) is 4.74 Å². The van der Waals surface area contributed by atoms with Gasteiger partial charge in [-0.15, -0.1) is 0 Å². The van der Waals surface area contributed by atoms with Crippen molar-refractivity contribution in [3.63, 3.8) is 0 Å². The summed E-state index contributed by atoms with van der Waals surface area (Å²) >= 11 is 0. The Hall–Kier alpha value is -2.97. The lowest BCUT2D eigenvalue weighted by atomic mass is 10.1. The van der Waals surface area contributed by atoms with Crippen LogP contribution in [0.15, 0.2) is 18.6 Å². The molecule has 0 unspecified atom stereocenters. The molecule has 1 amide bonds. The van der Waals surface area contributed by atoms with Crippen molar-refractivity contribution in [1.29, 1.82) is 0 Å². The van der Waals surface area contributed by atoms with Gasteiger partial charge >= 0.3 is 12.1 Å². The van der Waals surface area contributed by atoms with Crippen molar-refractivity contribution in [1.82, 2.24) is 20.2 Å². The zero-order valence-electron chi connectivity index (χ0n) is 12.2. The molecule has 2 rings (SSSR count). The third kappa shape index (κ3) is 3.78. The van der Waals surface area contributed by atoms with Gasteiger partial charge in [0.15, 0.2) is 0 Å². The predicted octanol–water partition coefficient (Wildman–Crippen LogP) is 1.91. The molecule has 3 N–H and O–H groups in total. The fourth-order valence-corrected chi connectivity index (χ4v) is 1.58. The molecule has 0 radical (unpaired) electrons. The topological polar surface area (TPSA) is 130 Å². The Labute approximate surface area is 125 Å². The van der Waals surface area contributed by atoms with Gasteiger partial charge in [-0.25, -0.2) is 19.6 Å². The highest BCUT2D eigenvalue weighted by atomic mass is 16.6. The number of nitrogens with one attached hydrogen (secondary N) is 2. The molecule has 2 aromatic heterocycles. The Morgan fingerprint density at radius 1 is 1.23 bits per heavy atom. The van der Waals surface area contributed by atoms with Crippen LogP contribution < -0.4 is 5.32 Å². The van der Waals surface area contributed by atoms with Crippen molar-refractivity contribution < 1.29 is 19.4 Å². The number of nitrogens with zero attached hydrogens (tertiary/aromatic N) is 3. The first-order valence-electron chi connectivity index (χ1n) is 6.35. The van der Waals surface area contributed by atoms with Crippen LogP contribution in [0.25, 0.3) is 11.3 Å². The molecule has 0 fully saturated rings. The Balaban J connectivity index is 2.12. The molecule has 0 aliphatic heterocycles. The molecule has 0 spiro atoms. The standard InChI is InChI=1S/C13H15N5O4/c1-13(2,3)22-12(21)17-11-14-4-7(5-15-11)9-8(10(19)20)6-16-18-9/h4-6H,1-3H3,(H,16,18)(H,19,20)(H,14,15,17,21). The van der Waals surface area contributed by atoms with E-state index in [4.69, 9.17) is 9.84 Å². The van der Waals surface area contributed by atoms with Crippen molar-refractivity contribution in [2.75, 3.05) is 5.32 Å². The summed E-state index contributed by atoms with van der Waals surface area (Å²) < 4.78 is 5.07. The van der Waals surface area contributed by atoms with E-state index in [0.717, 1.165) is 0 Å². The summed E-state index contributed by atoms with van der Waals surface area (Å²) in [4.78, 5) is 30.5. The smallest absolute Gasteiger partial charge is 0.414 e. The fraction of sp³-hybridized carbons (Fsp3) is 0.308. The highest BCUT2D eigenvalue weighted by Crippen LogP contribution is 2.20. The van der Waals surface area contributed by atoms with Crippen LogP contribution in [0.2, 0.25) is 0 Å². The van der Waals surface area contributed by atoms with Crippen LogP contribution in [-0.4, -0.2) is 42.9 Å². The molecule has 0 saturated heterocycles. The summed E-state index contributed by atoms with van der Waals surface area (Å²) in [6.07, 6.45) is 3.28. The lowest BCUT2D eigenvalue weighted by molar-refractivity contribution is 0.0633. The van der Waals surface area contributed by atoms with Crippen molar-refractivity contribution in [3.05, 3.63) is 24.2 Å². The molecule has 0 aliphatic carbocycles. The number of carboxylic acids is 1. The molecule has 0 bridgehead atoms. The monoisotopic (exact) mass is 305 g/mol. The lowest BCUT2D eigenvalue weighted by Gasteiger charge is -2.19. The van der Waals surface area contributed by atoms with Gasteiger partial charge in [-0.2, -0.15) is 5.10 Å². The molecule has 0 aliphatic rings. The number of carbonyl (C=O) groups is 2. The van der Waals surface area contributed by atoms with Gasteiger partial charge < -0.3 is 9.84 Å². The molecular formula is C13H15N5O4. The van der Waals surface area contributed by atoms with Gasteiger partial charge in [0.2, 0.25) is 5.95 Å². The van der Waals surface area contributed by atoms with Crippen LogP contribution in [0.1, 0.15) is 31.1 Å². The second kappa shape index (κ2) is 5.80. The zero-order valence-corrected chi connectivity index (χ0v) is 12.2. The van der Waals surface area contributed by atoms with Gasteiger partial charge in [-0.3, -0.25) is 10.4 Å². The predicted molar refractivity (Wildman–Crippen MR) is 76.4 cm³/mol. The third-order valence-electron chi connectivity index (χ3n) is 2.42. The van der Waals surface area contributed by atoms with E-state index in [1.54, 1.807) is 20.8 Å². The molecular weight excluding hydrogens is 290 g/mol. The highest BCUT2D eigenvalue weighted by molar-refractivity contribution is 5.94. The van der Waals surface area contributed by atoms with Crippen LogP contribution in [0, 0.1) is 0 Å². The number of H-pyrrole nitrogens is 1. The van der Waals surface area contributed by atoms with Gasteiger partial charge in [-0.1, -0.05) is 0 Å². The lowest BCUT2D eigenvalue weighted by Crippen LogP contribution is -2.27. The number of hydrogen-bond donors (Lipinski definition) is 3.